The molecule has 1 saturated heterocycles. The summed E-state index contributed by atoms with van der Waals surface area (Å²) in [5, 5.41) is 3.28. The topological polar surface area (TPSA) is 83.9 Å². The minimum atomic E-state index is -4.43. The molecule has 0 saturated carbocycles. The Labute approximate surface area is 189 Å². The number of hydrogen-bond donors (Lipinski definition) is 1. The second-order valence-electron chi connectivity index (χ2n) is 8.00. The first-order valence-electron chi connectivity index (χ1n) is 10.6. The van der Waals surface area contributed by atoms with Gasteiger partial charge in [0.1, 0.15) is 11.5 Å². The zero-order chi connectivity index (χ0) is 23.6. The molecule has 7 nitrogen and oxygen atoms in total. The molecule has 1 fully saturated rings. The largest absolute Gasteiger partial charge is 0.417 e. The smallest absolute Gasteiger partial charge is 0.366 e. The lowest BCUT2D eigenvalue weighted by atomic mass is 9.94. The quantitative estimate of drug-likeness (QED) is 0.564. The van der Waals surface area contributed by atoms with Crippen LogP contribution >= 0.6 is 0 Å². The minimum absolute atomic E-state index is 0.0501. The van der Waals surface area contributed by atoms with Gasteiger partial charge in [-0.25, -0.2) is 15.0 Å². The van der Waals surface area contributed by atoms with Crippen molar-refractivity contribution in [2.75, 3.05) is 16.8 Å². The fourth-order valence-corrected chi connectivity index (χ4v) is 4.21. The number of alkyl halides is 3. The van der Waals surface area contributed by atoms with E-state index in [2.05, 4.69) is 30.2 Å². The molecule has 1 aliphatic rings. The van der Waals surface area contributed by atoms with Gasteiger partial charge in [-0.15, -0.1) is 0 Å². The number of carbonyl (C=O) groups is 1. The maximum atomic E-state index is 12.8. The number of aromatic nitrogens is 4. The van der Waals surface area contributed by atoms with Gasteiger partial charge in [-0.05, 0) is 50.5 Å². The van der Waals surface area contributed by atoms with Crippen LogP contribution in [0, 0.1) is 6.92 Å². The predicted molar refractivity (Wildman–Crippen MR) is 118 cm³/mol. The van der Waals surface area contributed by atoms with E-state index >= 15 is 0 Å². The molecule has 4 heterocycles. The number of piperidine rings is 1. The minimum Gasteiger partial charge on any atom is -0.366 e. The van der Waals surface area contributed by atoms with E-state index in [-0.39, 0.29) is 17.8 Å². The Balaban J connectivity index is 1.66. The van der Waals surface area contributed by atoms with Crippen molar-refractivity contribution in [2.45, 2.75) is 44.9 Å². The van der Waals surface area contributed by atoms with Gasteiger partial charge < -0.3 is 10.2 Å². The third kappa shape index (κ3) is 4.64. The first-order valence-corrected chi connectivity index (χ1v) is 10.6. The summed E-state index contributed by atoms with van der Waals surface area (Å²) < 4.78 is 38.5. The van der Waals surface area contributed by atoms with Crippen LogP contribution < -0.4 is 10.2 Å². The number of nitrogens with one attached hydrogen (secondary N) is 1. The average Bonchev–Trinajstić information content (AvgIpc) is 2.81. The fraction of sp³-hybridized carbons (Fsp3) is 0.348. The van der Waals surface area contributed by atoms with E-state index in [0.29, 0.717) is 23.5 Å². The SMILES string of the molecule is Cc1cnc(C=O)c(-c2ncccn2)c1N1CCC[C@@H](Nc2ccc(C(F)(F)F)cn2)[C@@H]1C. The number of anilines is 2. The molecule has 1 N–H and O–H groups in total. The molecule has 4 rings (SSSR count). The van der Waals surface area contributed by atoms with Crippen LogP contribution in [0.2, 0.25) is 0 Å². The van der Waals surface area contributed by atoms with Crippen LogP contribution in [-0.2, 0) is 6.18 Å². The van der Waals surface area contributed by atoms with Gasteiger partial charge in [-0.3, -0.25) is 9.78 Å². The highest BCUT2D eigenvalue weighted by atomic mass is 19.4. The molecule has 33 heavy (non-hydrogen) atoms. The Morgan fingerprint density at radius 3 is 2.52 bits per heavy atom. The number of carbonyl (C=O) groups excluding carboxylic acids is 1. The molecule has 0 amide bonds. The van der Waals surface area contributed by atoms with Gasteiger partial charge in [0.25, 0.3) is 0 Å². The first-order chi connectivity index (χ1) is 15.8. The zero-order valence-corrected chi connectivity index (χ0v) is 18.2. The van der Waals surface area contributed by atoms with Crippen molar-refractivity contribution in [3.05, 3.63) is 59.8 Å². The molecule has 0 bridgehead atoms. The van der Waals surface area contributed by atoms with E-state index in [4.69, 9.17) is 0 Å². The highest BCUT2D eigenvalue weighted by Gasteiger charge is 2.33. The molecule has 0 unspecified atom stereocenters. The molecule has 0 radical (unpaired) electrons. The van der Waals surface area contributed by atoms with E-state index in [9.17, 15) is 18.0 Å². The third-order valence-corrected chi connectivity index (χ3v) is 5.86. The Kier molecular flexibility index (Phi) is 6.26. The molecule has 0 aromatic carbocycles. The van der Waals surface area contributed by atoms with Crippen LogP contribution in [0.15, 0.2) is 43.0 Å². The van der Waals surface area contributed by atoms with Crippen molar-refractivity contribution in [3.8, 4) is 11.4 Å². The van der Waals surface area contributed by atoms with Crippen LogP contribution in [0.5, 0.6) is 0 Å². The molecule has 3 aromatic rings. The summed E-state index contributed by atoms with van der Waals surface area (Å²) in [5.74, 6) is 0.797. The van der Waals surface area contributed by atoms with Gasteiger partial charge in [-0.2, -0.15) is 13.2 Å². The lowest BCUT2D eigenvalue weighted by Gasteiger charge is -2.42. The number of halogens is 3. The zero-order valence-electron chi connectivity index (χ0n) is 18.2. The van der Waals surface area contributed by atoms with Gasteiger partial charge in [0.2, 0.25) is 0 Å². The molecule has 1 aliphatic heterocycles. The van der Waals surface area contributed by atoms with E-state index in [1.165, 1.54) is 6.07 Å². The van der Waals surface area contributed by atoms with Crippen molar-refractivity contribution >= 4 is 17.8 Å². The maximum Gasteiger partial charge on any atom is 0.417 e. The van der Waals surface area contributed by atoms with Gasteiger partial charge in [-0.1, -0.05) is 0 Å². The van der Waals surface area contributed by atoms with Gasteiger partial charge in [0.05, 0.1) is 16.8 Å². The number of nitrogens with zero attached hydrogens (tertiary/aromatic N) is 5. The fourth-order valence-electron chi connectivity index (χ4n) is 4.21. The molecular weight excluding hydrogens is 433 g/mol. The summed E-state index contributed by atoms with van der Waals surface area (Å²) in [6, 6.07) is 3.95. The Bertz CT molecular complexity index is 1120. The summed E-state index contributed by atoms with van der Waals surface area (Å²) in [5.41, 5.74) is 1.76. The lowest BCUT2D eigenvalue weighted by molar-refractivity contribution is -0.137. The maximum absolute atomic E-state index is 12.8. The molecular formula is C23H23F3N6O. The van der Waals surface area contributed by atoms with Crippen LogP contribution in [0.3, 0.4) is 0 Å². The number of rotatable bonds is 5. The van der Waals surface area contributed by atoms with Gasteiger partial charge in [0, 0.05) is 43.4 Å². The summed E-state index contributed by atoms with van der Waals surface area (Å²) in [7, 11) is 0. The molecule has 172 valence electrons. The van der Waals surface area contributed by atoms with E-state index in [1.54, 1.807) is 24.7 Å². The predicted octanol–water partition coefficient (Wildman–Crippen LogP) is 4.54. The van der Waals surface area contributed by atoms with Gasteiger partial charge >= 0.3 is 6.18 Å². The monoisotopic (exact) mass is 456 g/mol. The van der Waals surface area contributed by atoms with Crippen molar-refractivity contribution in [1.29, 1.82) is 0 Å². The van der Waals surface area contributed by atoms with Crippen molar-refractivity contribution in [2.24, 2.45) is 0 Å². The summed E-state index contributed by atoms with van der Waals surface area (Å²) in [6.07, 6.45) is 3.66. The Hall–Kier alpha value is -3.56. The van der Waals surface area contributed by atoms with Crippen LogP contribution in [0.25, 0.3) is 11.4 Å². The summed E-state index contributed by atoms with van der Waals surface area (Å²) in [6.45, 7) is 4.70. The summed E-state index contributed by atoms with van der Waals surface area (Å²) in [4.78, 5) is 30.9. The number of hydrogen-bond acceptors (Lipinski definition) is 7. The molecule has 0 spiro atoms. The molecule has 3 aromatic heterocycles. The van der Waals surface area contributed by atoms with Crippen LogP contribution in [0.1, 0.15) is 41.4 Å². The molecule has 10 heteroatoms. The second-order valence-corrected chi connectivity index (χ2v) is 8.00. The van der Waals surface area contributed by atoms with Crippen molar-refractivity contribution in [1.82, 2.24) is 19.9 Å². The average molecular weight is 456 g/mol. The number of aldehydes is 1. The standard InChI is InChI=1S/C23H23F3N6O/c1-14-11-29-18(13-33)20(22-27-8-4-9-28-22)21(14)32-10-3-5-17(15(32)2)31-19-7-6-16(12-30-19)23(24,25)26/h4,6-9,11-13,15,17H,3,5,10H2,1-2H3,(H,30,31)/t15-,17+/m0/s1. The number of aryl methyl sites for hydroxylation is 1. The van der Waals surface area contributed by atoms with Gasteiger partial charge in [0.15, 0.2) is 12.1 Å². The Morgan fingerprint density at radius 1 is 1.12 bits per heavy atom. The van der Waals surface area contributed by atoms with E-state index in [0.717, 1.165) is 42.9 Å². The lowest BCUT2D eigenvalue weighted by Crippen LogP contribution is -2.50. The third-order valence-electron chi connectivity index (χ3n) is 5.86. The van der Waals surface area contributed by atoms with E-state index in [1.807, 2.05) is 13.8 Å². The molecule has 0 aliphatic carbocycles. The highest BCUT2D eigenvalue weighted by molar-refractivity contribution is 5.91. The normalized spacial score (nSPS) is 18.8. The van der Waals surface area contributed by atoms with Crippen molar-refractivity contribution < 1.29 is 18.0 Å². The molecule has 2 atom stereocenters. The number of pyridine rings is 2. The van der Waals surface area contributed by atoms with Crippen molar-refractivity contribution in [3.63, 3.8) is 0 Å². The second kappa shape index (κ2) is 9.13. The summed E-state index contributed by atoms with van der Waals surface area (Å²) >= 11 is 0. The Morgan fingerprint density at radius 2 is 1.88 bits per heavy atom. The highest BCUT2D eigenvalue weighted by Crippen LogP contribution is 2.37. The first kappa shape index (κ1) is 22.6. The van der Waals surface area contributed by atoms with E-state index < -0.39 is 11.7 Å². The van der Waals surface area contributed by atoms with Crippen LogP contribution in [-0.4, -0.2) is 44.9 Å². The van der Waals surface area contributed by atoms with Crippen LogP contribution in [0.4, 0.5) is 24.7 Å².